The second kappa shape index (κ2) is 12.1. The van der Waals surface area contributed by atoms with E-state index in [4.69, 9.17) is 5.26 Å². The third-order valence-corrected chi connectivity index (χ3v) is 8.90. The van der Waals surface area contributed by atoms with Gasteiger partial charge in [0.15, 0.2) is 0 Å². The van der Waals surface area contributed by atoms with Crippen LogP contribution >= 0.6 is 0 Å². The molecule has 1 amide bonds. The van der Waals surface area contributed by atoms with Gasteiger partial charge in [-0.1, -0.05) is 50.7 Å². The Morgan fingerprint density at radius 1 is 0.889 bits per heavy atom. The fourth-order valence-electron chi connectivity index (χ4n) is 6.84. The lowest BCUT2D eigenvalue weighted by Crippen LogP contribution is -2.52. The van der Waals surface area contributed by atoms with Gasteiger partial charge in [0.1, 0.15) is 0 Å². The summed E-state index contributed by atoms with van der Waals surface area (Å²) >= 11 is 0. The third-order valence-electron chi connectivity index (χ3n) is 8.90. The predicted octanol–water partition coefficient (Wildman–Crippen LogP) is 5.22. The molecule has 3 fully saturated rings. The number of carbonyl (C=O) groups excluding carboxylic acids is 1. The number of hydrogen-bond donors (Lipinski definition) is 0. The third kappa shape index (κ3) is 6.00. The van der Waals surface area contributed by atoms with E-state index in [1.807, 2.05) is 36.8 Å². The number of hydrogen-bond acceptors (Lipinski definition) is 4. The maximum atomic E-state index is 13.9. The Bertz CT molecular complexity index is 1000. The predicted molar refractivity (Wildman–Crippen MR) is 141 cm³/mol. The van der Waals surface area contributed by atoms with Gasteiger partial charge in [0.05, 0.1) is 23.7 Å². The lowest BCUT2D eigenvalue weighted by atomic mass is 9.69. The van der Waals surface area contributed by atoms with Gasteiger partial charge in [-0.15, -0.1) is 0 Å². The highest BCUT2D eigenvalue weighted by molar-refractivity contribution is 5.79. The van der Waals surface area contributed by atoms with Crippen molar-refractivity contribution in [3.8, 4) is 6.07 Å². The van der Waals surface area contributed by atoms with E-state index in [1.54, 1.807) is 0 Å². The molecule has 6 heteroatoms. The summed E-state index contributed by atoms with van der Waals surface area (Å²) in [7, 11) is 0. The molecule has 1 aromatic carbocycles. The summed E-state index contributed by atoms with van der Waals surface area (Å²) in [5.74, 6) is 1.97. The van der Waals surface area contributed by atoms with Crippen LogP contribution in [0, 0.1) is 29.1 Å². The minimum absolute atomic E-state index is 0.269. The van der Waals surface area contributed by atoms with Crippen molar-refractivity contribution in [1.29, 1.82) is 5.26 Å². The fourth-order valence-corrected chi connectivity index (χ4v) is 6.84. The van der Waals surface area contributed by atoms with Crippen LogP contribution in [0.25, 0.3) is 0 Å². The van der Waals surface area contributed by atoms with Crippen LogP contribution in [0.2, 0.25) is 0 Å². The van der Waals surface area contributed by atoms with E-state index >= 15 is 0 Å². The lowest BCUT2D eigenvalue weighted by Gasteiger charge is -2.42. The van der Waals surface area contributed by atoms with E-state index in [2.05, 4.69) is 25.4 Å². The van der Waals surface area contributed by atoms with E-state index in [0.717, 1.165) is 39.3 Å². The maximum Gasteiger partial charge on any atom is 0.226 e. The van der Waals surface area contributed by atoms with Crippen LogP contribution in [-0.4, -0.2) is 51.4 Å². The number of carbonyl (C=O) groups is 1. The van der Waals surface area contributed by atoms with Crippen LogP contribution in [0.4, 0.5) is 0 Å². The number of benzene rings is 1. The highest BCUT2D eigenvalue weighted by Gasteiger charge is 2.39. The molecule has 0 radical (unpaired) electrons. The van der Waals surface area contributed by atoms with E-state index in [0.29, 0.717) is 23.3 Å². The smallest absolute Gasteiger partial charge is 0.226 e. The number of piperazine rings is 1. The van der Waals surface area contributed by atoms with E-state index < -0.39 is 0 Å². The molecule has 192 valence electrons. The van der Waals surface area contributed by atoms with Gasteiger partial charge in [-0.3, -0.25) is 9.69 Å². The van der Waals surface area contributed by atoms with Gasteiger partial charge < -0.3 is 9.47 Å². The van der Waals surface area contributed by atoms with Crippen molar-refractivity contribution in [1.82, 2.24) is 19.4 Å². The molecule has 1 saturated heterocycles. The molecule has 1 aliphatic heterocycles. The molecule has 0 spiro atoms. The second-order valence-electron chi connectivity index (χ2n) is 11.2. The van der Waals surface area contributed by atoms with Gasteiger partial charge in [-0.05, 0) is 55.2 Å². The van der Waals surface area contributed by atoms with Gasteiger partial charge in [0.2, 0.25) is 5.91 Å². The number of aromatic nitrogens is 2. The Labute approximate surface area is 216 Å². The molecule has 0 atom stereocenters. The van der Waals surface area contributed by atoms with E-state index in [-0.39, 0.29) is 5.92 Å². The lowest BCUT2D eigenvalue weighted by molar-refractivity contribution is -0.142. The highest BCUT2D eigenvalue weighted by Crippen LogP contribution is 2.41. The normalized spacial score (nSPS) is 20.5. The highest BCUT2D eigenvalue weighted by atomic mass is 16.2. The molecule has 2 aromatic rings. The Morgan fingerprint density at radius 3 is 2.08 bits per heavy atom. The molecule has 3 aliphatic rings. The standard InChI is InChI=1S/C30H41N5O/c31-19-24-11-13-25(14-12-24)21-35-23-32-20-28(35)22-33-15-17-34(18-16-33)30(36)29(26-7-3-1-4-8-26)27-9-5-2-6-10-27/h11-14,20,23,26-27,29H,1-10,15-18,21-22H2. The number of amides is 1. The van der Waals surface area contributed by atoms with Crippen molar-refractivity contribution < 1.29 is 4.79 Å². The first-order valence-electron chi connectivity index (χ1n) is 14.2. The van der Waals surface area contributed by atoms with Crippen LogP contribution in [0.3, 0.4) is 0 Å². The zero-order chi connectivity index (χ0) is 24.7. The summed E-state index contributed by atoms with van der Waals surface area (Å²) in [6, 6.07) is 9.95. The van der Waals surface area contributed by atoms with Gasteiger partial charge in [0, 0.05) is 51.4 Å². The number of nitriles is 1. The van der Waals surface area contributed by atoms with Gasteiger partial charge in [0.25, 0.3) is 0 Å². The Balaban J connectivity index is 1.17. The van der Waals surface area contributed by atoms with Crippen LogP contribution in [0.15, 0.2) is 36.8 Å². The van der Waals surface area contributed by atoms with Crippen LogP contribution < -0.4 is 0 Å². The molecule has 2 heterocycles. The largest absolute Gasteiger partial charge is 0.340 e. The topological polar surface area (TPSA) is 65.2 Å². The van der Waals surface area contributed by atoms with Crippen molar-refractivity contribution in [2.75, 3.05) is 26.2 Å². The van der Waals surface area contributed by atoms with Crippen LogP contribution in [0.5, 0.6) is 0 Å². The zero-order valence-corrected chi connectivity index (χ0v) is 21.7. The monoisotopic (exact) mass is 487 g/mol. The molecule has 0 bridgehead atoms. The van der Waals surface area contributed by atoms with Gasteiger partial charge in [-0.2, -0.15) is 5.26 Å². The fraction of sp³-hybridized carbons (Fsp3) is 0.633. The number of nitrogens with zero attached hydrogens (tertiary/aromatic N) is 5. The summed E-state index contributed by atoms with van der Waals surface area (Å²) in [5, 5.41) is 9.03. The molecule has 1 aromatic heterocycles. The molecule has 36 heavy (non-hydrogen) atoms. The summed E-state index contributed by atoms with van der Waals surface area (Å²) < 4.78 is 2.20. The average molecular weight is 488 g/mol. The molecule has 0 unspecified atom stereocenters. The summed E-state index contributed by atoms with van der Waals surface area (Å²) in [6.45, 7) is 5.15. The van der Waals surface area contributed by atoms with Crippen molar-refractivity contribution in [3.63, 3.8) is 0 Å². The molecule has 0 N–H and O–H groups in total. The van der Waals surface area contributed by atoms with Crippen molar-refractivity contribution >= 4 is 5.91 Å². The number of rotatable bonds is 7. The van der Waals surface area contributed by atoms with Crippen LogP contribution in [-0.2, 0) is 17.9 Å². The number of imidazole rings is 1. The second-order valence-corrected chi connectivity index (χ2v) is 11.2. The molecular formula is C30H41N5O. The first kappa shape index (κ1) is 25.0. The SMILES string of the molecule is N#Cc1ccc(Cn2cncc2CN2CCN(C(=O)C(C3CCCCC3)C3CCCCC3)CC2)cc1. The van der Waals surface area contributed by atoms with Crippen molar-refractivity contribution in [3.05, 3.63) is 53.6 Å². The first-order chi connectivity index (χ1) is 17.7. The summed E-state index contributed by atoms with van der Waals surface area (Å²) in [6.07, 6.45) is 16.8. The van der Waals surface area contributed by atoms with Crippen LogP contribution in [0.1, 0.15) is 81.0 Å². The molecular weight excluding hydrogens is 446 g/mol. The van der Waals surface area contributed by atoms with Gasteiger partial charge in [-0.25, -0.2) is 4.98 Å². The molecule has 2 saturated carbocycles. The van der Waals surface area contributed by atoms with Gasteiger partial charge >= 0.3 is 0 Å². The average Bonchev–Trinajstić information content (AvgIpc) is 3.37. The first-order valence-corrected chi connectivity index (χ1v) is 14.2. The molecule has 5 rings (SSSR count). The molecule has 2 aliphatic carbocycles. The van der Waals surface area contributed by atoms with Crippen molar-refractivity contribution in [2.24, 2.45) is 17.8 Å². The molecule has 6 nitrogen and oxygen atoms in total. The summed E-state index contributed by atoms with van der Waals surface area (Å²) in [4.78, 5) is 23.0. The summed E-state index contributed by atoms with van der Waals surface area (Å²) in [5.41, 5.74) is 3.05. The van der Waals surface area contributed by atoms with E-state index in [9.17, 15) is 4.79 Å². The van der Waals surface area contributed by atoms with Crippen molar-refractivity contribution in [2.45, 2.75) is 77.3 Å². The van der Waals surface area contributed by atoms with E-state index in [1.165, 1.54) is 75.5 Å². The quantitative estimate of drug-likeness (QED) is 0.537. The Kier molecular flexibility index (Phi) is 8.38. The Hall–Kier alpha value is -2.65. The minimum atomic E-state index is 0.269. The maximum absolute atomic E-state index is 13.9. The Morgan fingerprint density at radius 2 is 1.50 bits per heavy atom. The minimum Gasteiger partial charge on any atom is -0.340 e. The zero-order valence-electron chi connectivity index (χ0n) is 21.7.